The van der Waals surface area contributed by atoms with Gasteiger partial charge in [0.25, 0.3) is 0 Å². The summed E-state index contributed by atoms with van der Waals surface area (Å²) >= 11 is 0. The molecule has 3 nitrogen and oxygen atoms in total. The number of rotatable bonds is 10. The van der Waals surface area contributed by atoms with Gasteiger partial charge in [0.15, 0.2) is 0 Å². The van der Waals surface area contributed by atoms with Crippen LogP contribution in [0.2, 0.25) is 0 Å². The molecule has 0 aliphatic carbocycles. The first-order chi connectivity index (χ1) is 21.8. The van der Waals surface area contributed by atoms with Crippen molar-refractivity contribution < 1.29 is 17.1 Å². The average Bonchev–Trinajstić information content (AvgIpc) is 3.06. The minimum Gasteiger partial charge on any atom is -0.661 e. The summed E-state index contributed by atoms with van der Waals surface area (Å²) in [4.78, 5) is 8.92. The van der Waals surface area contributed by atoms with Crippen LogP contribution in [0.15, 0.2) is 150 Å². The van der Waals surface area contributed by atoms with Gasteiger partial charge in [-0.3, -0.25) is 9.98 Å². The van der Waals surface area contributed by atoms with E-state index in [1.807, 2.05) is 38.1 Å². The first-order valence-electron chi connectivity index (χ1n) is 15.8. The molecule has 0 unspecified atom stereocenters. The van der Waals surface area contributed by atoms with E-state index in [0.717, 1.165) is 22.8 Å². The van der Waals surface area contributed by atoms with Gasteiger partial charge in [-0.2, -0.15) is 5.70 Å². The maximum Gasteiger partial charge on any atom is 1.00 e. The van der Waals surface area contributed by atoms with Crippen molar-refractivity contribution >= 4 is 35.2 Å². The Hall–Kier alpha value is -3.81. The quantitative estimate of drug-likeness (QED) is 0.0826. The van der Waals surface area contributed by atoms with E-state index in [9.17, 15) is 0 Å². The molecule has 5 aromatic rings. The molecule has 1 aromatic heterocycles. The van der Waals surface area contributed by atoms with Gasteiger partial charge in [0.2, 0.25) is 0 Å². The van der Waals surface area contributed by atoms with Crippen molar-refractivity contribution in [3.05, 3.63) is 168 Å². The van der Waals surface area contributed by atoms with Gasteiger partial charge < -0.3 is 5.32 Å². The molecule has 0 fully saturated rings. The maximum atomic E-state index is 4.96. The van der Waals surface area contributed by atoms with Crippen LogP contribution in [0, 0.1) is 0 Å². The second kappa shape index (κ2) is 19.0. The van der Waals surface area contributed by atoms with E-state index in [2.05, 4.69) is 147 Å². The Bertz CT molecular complexity index is 1530. The van der Waals surface area contributed by atoms with Gasteiger partial charge in [-0.05, 0) is 67.3 Å². The van der Waals surface area contributed by atoms with Gasteiger partial charge >= 0.3 is 17.1 Å². The summed E-state index contributed by atoms with van der Waals surface area (Å²) in [5.41, 5.74) is 6.62. The van der Waals surface area contributed by atoms with Crippen LogP contribution in [0.3, 0.4) is 0 Å². The fourth-order valence-corrected chi connectivity index (χ4v) is 7.79. The van der Waals surface area contributed by atoms with Crippen molar-refractivity contribution in [2.24, 2.45) is 4.99 Å². The number of aliphatic imine (C=N–C) groups is 1. The molecule has 46 heavy (non-hydrogen) atoms. The van der Waals surface area contributed by atoms with Crippen LogP contribution in [-0.2, 0) is 23.6 Å². The molecule has 0 spiro atoms. The van der Waals surface area contributed by atoms with Crippen molar-refractivity contribution in [1.82, 2.24) is 4.98 Å². The Morgan fingerprint density at radius 2 is 1.11 bits per heavy atom. The van der Waals surface area contributed by atoms with Crippen LogP contribution >= 0.6 is 7.92 Å². The molecule has 0 N–H and O–H groups in total. The van der Waals surface area contributed by atoms with Gasteiger partial charge in [0, 0.05) is 11.9 Å². The molecular formula is C41H46CuN3P+. The normalized spacial score (nSPS) is 11.6. The third kappa shape index (κ3) is 10.9. The van der Waals surface area contributed by atoms with Crippen LogP contribution < -0.4 is 15.9 Å². The Kier molecular flexibility index (Phi) is 15.1. The van der Waals surface area contributed by atoms with Crippen molar-refractivity contribution in [3.8, 4) is 0 Å². The monoisotopic (exact) mass is 674 g/mol. The van der Waals surface area contributed by atoms with Gasteiger partial charge in [0.05, 0.1) is 20.2 Å². The van der Waals surface area contributed by atoms with Gasteiger partial charge in [-0.1, -0.05) is 131 Å². The number of hydrogen-bond donors (Lipinski definition) is 0. The zero-order valence-corrected chi connectivity index (χ0v) is 29.7. The van der Waals surface area contributed by atoms with Gasteiger partial charge in [-0.25, -0.2) is 0 Å². The van der Waals surface area contributed by atoms with Crippen LogP contribution in [-0.4, -0.2) is 10.7 Å². The fourth-order valence-electron chi connectivity index (χ4n) is 5.21. The number of benzene rings is 4. The van der Waals surface area contributed by atoms with E-state index in [-0.39, 0.29) is 17.1 Å². The summed E-state index contributed by atoms with van der Waals surface area (Å²) in [6.45, 7) is 13.5. The van der Waals surface area contributed by atoms with Crippen molar-refractivity contribution in [2.45, 2.75) is 59.9 Å². The molecule has 1 heterocycles. The molecule has 5 rings (SSSR count). The van der Waals surface area contributed by atoms with Crippen molar-refractivity contribution in [3.63, 3.8) is 0 Å². The first-order valence-corrected chi connectivity index (χ1v) is 17.3. The Labute approximate surface area is 288 Å². The molecule has 0 atom stereocenters. The molecule has 0 saturated heterocycles. The van der Waals surface area contributed by atoms with E-state index in [4.69, 9.17) is 5.32 Å². The number of nitrogens with zero attached hydrogens (tertiary/aromatic N) is 3. The molecule has 0 radical (unpaired) electrons. The predicted molar refractivity (Wildman–Crippen MR) is 199 cm³/mol. The van der Waals surface area contributed by atoms with E-state index in [1.54, 1.807) is 6.20 Å². The molecule has 0 aliphatic heterocycles. The molecule has 0 bridgehead atoms. The number of para-hydroxylation sites is 1. The predicted octanol–water partition coefficient (Wildman–Crippen LogP) is 10.1. The van der Waals surface area contributed by atoms with Gasteiger partial charge in [-0.15, -0.1) is 5.69 Å². The van der Waals surface area contributed by atoms with Crippen molar-refractivity contribution in [2.75, 3.05) is 0 Å². The van der Waals surface area contributed by atoms with E-state index in [0.29, 0.717) is 18.4 Å². The molecule has 5 heteroatoms. The smallest absolute Gasteiger partial charge is 0.661 e. The van der Waals surface area contributed by atoms with Crippen LogP contribution in [0.25, 0.3) is 5.32 Å². The standard InChI is InChI=1S/C23H30N3.C18H15P.Cu/c1-16(2)21-11-9-12-22(17(3)4)23(21)26-19(6)14-18(5)25-15-20-10-7-8-13-24-20;1-4-10-16(11-5-1)19(17-12-6-2-7-13-17)18-14-8-3-9-15-18;/h7-14,16-17H,15H2,1-6H3;1-15H;/q-1;;+1/p+1/b19-14-,25-18?;;. The maximum absolute atomic E-state index is 4.96. The average molecular weight is 675 g/mol. The minimum atomic E-state index is -0.877. The van der Waals surface area contributed by atoms with Crippen LogP contribution in [0.1, 0.15) is 70.2 Å². The molecule has 4 aromatic carbocycles. The fraction of sp³-hybridized carbons (Fsp3) is 0.220. The summed E-state index contributed by atoms with van der Waals surface area (Å²) in [7, 11) is -0.877. The number of aromatic nitrogens is 1. The second-order valence-electron chi connectivity index (χ2n) is 11.7. The molecule has 0 aliphatic rings. The van der Waals surface area contributed by atoms with Gasteiger partial charge in [0.1, 0.15) is 15.9 Å². The van der Waals surface area contributed by atoms with E-state index < -0.39 is 7.92 Å². The molecule has 0 saturated carbocycles. The summed E-state index contributed by atoms with van der Waals surface area (Å²) in [6.07, 6.45) is 3.84. The van der Waals surface area contributed by atoms with E-state index in [1.165, 1.54) is 27.0 Å². The number of hydrogen-bond acceptors (Lipinski definition) is 2. The minimum absolute atomic E-state index is 0. The topological polar surface area (TPSA) is 39.4 Å². The van der Waals surface area contributed by atoms with E-state index >= 15 is 0 Å². The Morgan fingerprint density at radius 3 is 1.52 bits per heavy atom. The molecule has 0 amide bonds. The van der Waals surface area contributed by atoms with Crippen LogP contribution in [0.5, 0.6) is 0 Å². The third-order valence-electron chi connectivity index (χ3n) is 7.45. The first kappa shape index (κ1) is 36.7. The second-order valence-corrected chi connectivity index (χ2v) is 14.2. The largest absolute Gasteiger partial charge is 1.00 e. The van der Waals surface area contributed by atoms with Crippen molar-refractivity contribution in [1.29, 1.82) is 0 Å². The third-order valence-corrected chi connectivity index (χ3v) is 10.2. The summed E-state index contributed by atoms with van der Waals surface area (Å²) < 4.78 is 0. The van der Waals surface area contributed by atoms with Crippen LogP contribution in [0.4, 0.5) is 5.69 Å². The Morgan fingerprint density at radius 1 is 0.652 bits per heavy atom. The number of allylic oxidation sites excluding steroid dienone is 2. The molecule has 240 valence electrons. The molecular weight excluding hydrogens is 629 g/mol. The summed E-state index contributed by atoms with van der Waals surface area (Å²) in [6, 6.07) is 44.9. The summed E-state index contributed by atoms with van der Waals surface area (Å²) in [5.74, 6) is 0.887. The number of pyridine rings is 1. The SMILES string of the molecule is CC(/C=C(/C)[N-]c1c(C(C)C)cccc1C(C)C)=NCc1ccccn1.[Cu+].c1ccc([PH+](c2ccccc2)c2ccccc2)cc1. The zero-order chi connectivity index (χ0) is 32.0. The zero-order valence-electron chi connectivity index (χ0n) is 27.8. The Balaban J connectivity index is 0.000000255. The summed E-state index contributed by atoms with van der Waals surface area (Å²) in [5, 5.41) is 9.27.